The second-order valence-electron chi connectivity index (χ2n) is 12.0. The zero-order valence-electron chi connectivity index (χ0n) is 25.1. The molecule has 3 amide bonds. The molecule has 1 saturated carbocycles. The smallest absolute Gasteiger partial charge is 0.408 e. The van der Waals surface area contributed by atoms with Gasteiger partial charge >= 0.3 is 6.09 Å². The molecule has 4 unspecified atom stereocenters. The summed E-state index contributed by atoms with van der Waals surface area (Å²) in [6.45, 7) is 13.2. The number of hydrogen-bond acceptors (Lipinski definition) is 4. The van der Waals surface area contributed by atoms with Gasteiger partial charge in [0, 0.05) is 18.2 Å². The second-order valence-corrected chi connectivity index (χ2v) is 12.0. The van der Waals surface area contributed by atoms with Crippen molar-refractivity contribution in [1.82, 2.24) is 10.2 Å². The molecule has 7 nitrogen and oxygen atoms in total. The number of alkyl carbamates (subject to hydrolysis) is 1. The molecular weight excluding hydrogens is 526 g/mol. The Hall–Kier alpha value is -4.39. The first-order valence-electron chi connectivity index (χ1n) is 14.4. The van der Waals surface area contributed by atoms with Gasteiger partial charge in [-0.05, 0) is 74.4 Å². The van der Waals surface area contributed by atoms with Crippen LogP contribution in [-0.2, 0) is 20.7 Å². The number of anilines is 1. The molecule has 0 saturated heterocycles. The first-order valence-corrected chi connectivity index (χ1v) is 14.4. The summed E-state index contributed by atoms with van der Waals surface area (Å²) >= 11 is 0. The first kappa shape index (κ1) is 30.6. The number of hydrogen-bond donors (Lipinski definition) is 2. The molecule has 2 N–H and O–H groups in total. The number of para-hydroxylation sites is 1. The molecule has 0 spiro atoms. The minimum Gasteiger partial charge on any atom is -0.444 e. The fraction of sp³-hybridized carbons (Fsp3) is 0.343. The molecule has 3 aromatic rings. The maximum atomic E-state index is 14.6. The molecule has 4 atom stereocenters. The number of nitrogens with zero attached hydrogens (tertiary/aromatic N) is 1. The molecule has 220 valence electrons. The summed E-state index contributed by atoms with van der Waals surface area (Å²) in [5, 5.41) is 5.90. The summed E-state index contributed by atoms with van der Waals surface area (Å²) in [7, 11) is 0. The fourth-order valence-corrected chi connectivity index (χ4v) is 5.06. The highest BCUT2D eigenvalue weighted by molar-refractivity contribution is 5.99. The van der Waals surface area contributed by atoms with Gasteiger partial charge in [0.2, 0.25) is 5.91 Å². The summed E-state index contributed by atoms with van der Waals surface area (Å²) in [5.41, 5.74) is 3.24. The molecule has 0 aromatic heterocycles. The van der Waals surface area contributed by atoms with Crippen LogP contribution in [0.15, 0.2) is 85.4 Å². The van der Waals surface area contributed by atoms with Gasteiger partial charge in [0.05, 0.1) is 0 Å². The molecule has 0 aliphatic heterocycles. The second kappa shape index (κ2) is 13.1. The van der Waals surface area contributed by atoms with Crippen LogP contribution >= 0.6 is 0 Å². The molecule has 0 radical (unpaired) electrons. The predicted octanol–water partition coefficient (Wildman–Crippen LogP) is 6.69. The van der Waals surface area contributed by atoms with E-state index in [2.05, 4.69) is 24.1 Å². The van der Waals surface area contributed by atoms with E-state index in [1.54, 1.807) is 31.7 Å². The van der Waals surface area contributed by atoms with Crippen molar-refractivity contribution in [3.8, 4) is 0 Å². The van der Waals surface area contributed by atoms with Crippen LogP contribution in [0.25, 0.3) is 6.08 Å². The lowest BCUT2D eigenvalue weighted by Crippen LogP contribution is -2.54. The molecule has 1 aliphatic rings. The van der Waals surface area contributed by atoms with E-state index < -0.39 is 23.8 Å². The predicted molar refractivity (Wildman–Crippen MR) is 167 cm³/mol. The summed E-state index contributed by atoms with van der Waals surface area (Å²) in [4.78, 5) is 43.5. The molecule has 4 rings (SSSR count). The highest BCUT2D eigenvalue weighted by Crippen LogP contribution is 2.41. The first-order chi connectivity index (χ1) is 20.0. The van der Waals surface area contributed by atoms with Crippen LogP contribution in [0, 0.1) is 12.8 Å². The summed E-state index contributed by atoms with van der Waals surface area (Å²) in [6, 6.07) is 22.5. The van der Waals surface area contributed by atoms with E-state index in [1.807, 2.05) is 85.8 Å². The van der Waals surface area contributed by atoms with Crippen molar-refractivity contribution >= 4 is 29.7 Å². The number of aryl methyl sites for hydroxylation is 1. The number of amides is 3. The van der Waals surface area contributed by atoms with E-state index in [9.17, 15) is 14.4 Å². The van der Waals surface area contributed by atoms with Gasteiger partial charge in [0.1, 0.15) is 17.7 Å². The lowest BCUT2D eigenvalue weighted by molar-refractivity contribution is -0.141. The third-order valence-corrected chi connectivity index (χ3v) is 7.34. The zero-order valence-corrected chi connectivity index (χ0v) is 25.1. The molecular formula is C35H41N3O4. The van der Waals surface area contributed by atoms with E-state index >= 15 is 0 Å². The van der Waals surface area contributed by atoms with Gasteiger partial charge in [0.25, 0.3) is 5.91 Å². The van der Waals surface area contributed by atoms with Crippen LogP contribution in [0.4, 0.5) is 10.5 Å². The van der Waals surface area contributed by atoms with Gasteiger partial charge in [-0.2, -0.15) is 0 Å². The molecule has 1 fully saturated rings. The molecule has 42 heavy (non-hydrogen) atoms. The topological polar surface area (TPSA) is 87.7 Å². The Bertz CT molecular complexity index is 1430. The SMILES string of the molecule is C=Cc1cccc(C(C(=O)Nc2ccccc2C)N(C(=O)C(Cc2ccccc2)NC(=O)OC(C)(C)C)C2CC2C)c1. The van der Waals surface area contributed by atoms with Gasteiger partial charge in [-0.25, -0.2) is 4.79 Å². The van der Waals surface area contributed by atoms with Crippen molar-refractivity contribution in [3.63, 3.8) is 0 Å². The number of ether oxygens (including phenoxy) is 1. The molecule has 1 aliphatic carbocycles. The van der Waals surface area contributed by atoms with E-state index in [-0.39, 0.29) is 30.2 Å². The Morgan fingerprint density at radius 3 is 2.31 bits per heavy atom. The lowest BCUT2D eigenvalue weighted by Gasteiger charge is -2.35. The largest absolute Gasteiger partial charge is 0.444 e. The Balaban J connectivity index is 1.77. The van der Waals surface area contributed by atoms with Gasteiger partial charge < -0.3 is 20.3 Å². The third-order valence-electron chi connectivity index (χ3n) is 7.34. The monoisotopic (exact) mass is 567 g/mol. The highest BCUT2D eigenvalue weighted by Gasteiger charge is 2.48. The number of carbonyl (C=O) groups is 3. The molecule has 0 bridgehead atoms. The highest BCUT2D eigenvalue weighted by atomic mass is 16.6. The van der Waals surface area contributed by atoms with Crippen LogP contribution in [-0.4, -0.2) is 40.5 Å². The average Bonchev–Trinajstić information content (AvgIpc) is 3.67. The normalized spacial score (nSPS) is 17.4. The number of carbonyl (C=O) groups excluding carboxylic acids is 3. The zero-order chi connectivity index (χ0) is 30.4. The summed E-state index contributed by atoms with van der Waals surface area (Å²) < 4.78 is 5.54. The Labute approximate surface area is 249 Å². The van der Waals surface area contributed by atoms with Gasteiger partial charge in [-0.15, -0.1) is 0 Å². The van der Waals surface area contributed by atoms with E-state index in [0.29, 0.717) is 11.3 Å². The maximum Gasteiger partial charge on any atom is 0.408 e. The van der Waals surface area contributed by atoms with Crippen LogP contribution < -0.4 is 10.6 Å². The van der Waals surface area contributed by atoms with Gasteiger partial charge in [-0.1, -0.05) is 86.3 Å². The number of rotatable bonds is 10. The van der Waals surface area contributed by atoms with Crippen molar-refractivity contribution in [1.29, 1.82) is 0 Å². The minimum absolute atomic E-state index is 0.170. The average molecular weight is 568 g/mol. The molecule has 3 aromatic carbocycles. The Morgan fingerprint density at radius 1 is 1.02 bits per heavy atom. The van der Waals surface area contributed by atoms with Crippen LogP contribution in [0.5, 0.6) is 0 Å². The van der Waals surface area contributed by atoms with E-state index in [1.165, 1.54) is 0 Å². The Kier molecular flexibility index (Phi) is 9.51. The Morgan fingerprint density at radius 2 is 1.69 bits per heavy atom. The van der Waals surface area contributed by atoms with Crippen molar-refractivity contribution in [2.45, 2.75) is 71.2 Å². The molecule has 0 heterocycles. The standard InChI is InChI=1S/C35H41N3O4/c1-7-25-17-13-18-27(21-25)31(32(39)36-28-19-12-11-14-23(28)2)38(30-20-24(30)3)33(40)29(22-26-15-9-8-10-16-26)37-34(41)42-35(4,5)6/h7-19,21,24,29-31H,1,20,22H2,2-6H3,(H,36,39)(H,37,41). The minimum atomic E-state index is -0.952. The fourth-order valence-electron chi connectivity index (χ4n) is 5.06. The van der Waals surface area contributed by atoms with Gasteiger partial charge in [-0.3, -0.25) is 9.59 Å². The van der Waals surface area contributed by atoms with Crippen LogP contribution in [0.3, 0.4) is 0 Å². The third kappa shape index (κ3) is 7.87. The van der Waals surface area contributed by atoms with Crippen molar-refractivity contribution in [3.05, 3.63) is 108 Å². The van der Waals surface area contributed by atoms with Crippen LogP contribution in [0.2, 0.25) is 0 Å². The van der Waals surface area contributed by atoms with Crippen molar-refractivity contribution in [2.75, 3.05) is 5.32 Å². The van der Waals surface area contributed by atoms with E-state index in [0.717, 1.165) is 23.1 Å². The quantitative estimate of drug-likeness (QED) is 0.286. The van der Waals surface area contributed by atoms with Crippen LogP contribution in [0.1, 0.15) is 62.4 Å². The van der Waals surface area contributed by atoms with Crippen molar-refractivity contribution < 1.29 is 19.1 Å². The van der Waals surface area contributed by atoms with Crippen molar-refractivity contribution in [2.24, 2.45) is 5.92 Å². The lowest BCUT2D eigenvalue weighted by atomic mass is 9.98. The maximum absolute atomic E-state index is 14.6. The number of benzene rings is 3. The number of nitrogens with one attached hydrogen (secondary N) is 2. The van der Waals surface area contributed by atoms with Gasteiger partial charge in [0.15, 0.2) is 0 Å². The van der Waals surface area contributed by atoms with E-state index in [4.69, 9.17) is 4.74 Å². The summed E-state index contributed by atoms with van der Waals surface area (Å²) in [6.07, 6.45) is 2.03. The summed E-state index contributed by atoms with van der Waals surface area (Å²) in [5.74, 6) is -0.467. The molecule has 7 heteroatoms.